The average molecular weight is 462 g/mol. The van der Waals surface area contributed by atoms with E-state index in [1.54, 1.807) is 20.1 Å². The van der Waals surface area contributed by atoms with Crippen LogP contribution in [0.15, 0.2) is 65.3 Å². The predicted molar refractivity (Wildman–Crippen MR) is 136 cm³/mol. The first-order valence-corrected chi connectivity index (χ1v) is 11.3. The van der Waals surface area contributed by atoms with Crippen molar-refractivity contribution in [3.05, 3.63) is 60.3 Å². The zero-order valence-corrected chi connectivity index (χ0v) is 19.7. The molecule has 0 saturated carbocycles. The summed E-state index contributed by atoms with van der Waals surface area (Å²) in [7, 11) is 1.65. The van der Waals surface area contributed by atoms with E-state index >= 15 is 0 Å². The van der Waals surface area contributed by atoms with Gasteiger partial charge in [-0.1, -0.05) is 12.1 Å². The van der Waals surface area contributed by atoms with E-state index in [0.29, 0.717) is 24.0 Å². The minimum atomic E-state index is 0.293. The third kappa shape index (κ3) is 6.03. The zero-order chi connectivity index (χ0) is 23.9. The molecule has 8 heteroatoms. The van der Waals surface area contributed by atoms with Crippen molar-refractivity contribution in [3.8, 4) is 22.8 Å². The van der Waals surface area contributed by atoms with Crippen LogP contribution in [-0.2, 0) is 4.74 Å². The molecule has 1 fully saturated rings. The molecule has 0 aliphatic carbocycles. The van der Waals surface area contributed by atoms with E-state index in [4.69, 9.17) is 30.7 Å². The van der Waals surface area contributed by atoms with Gasteiger partial charge in [0.15, 0.2) is 5.82 Å². The van der Waals surface area contributed by atoms with Crippen molar-refractivity contribution in [2.24, 2.45) is 16.5 Å². The molecular weight excluding hydrogens is 430 g/mol. The highest BCUT2D eigenvalue weighted by Crippen LogP contribution is 2.33. The number of pyridine rings is 1. The van der Waals surface area contributed by atoms with Crippen LogP contribution in [0, 0.1) is 0 Å². The largest absolute Gasteiger partial charge is 0.497 e. The van der Waals surface area contributed by atoms with Crippen molar-refractivity contribution < 1.29 is 14.2 Å². The molecule has 0 bridgehead atoms. The van der Waals surface area contributed by atoms with Crippen LogP contribution < -0.4 is 20.9 Å². The van der Waals surface area contributed by atoms with Gasteiger partial charge < -0.3 is 25.7 Å². The maximum Gasteiger partial charge on any atom is 0.155 e. The minimum Gasteiger partial charge on any atom is -0.497 e. The Bertz CT molecular complexity index is 1200. The predicted octanol–water partition coefficient (Wildman–Crippen LogP) is 3.47. The van der Waals surface area contributed by atoms with Gasteiger partial charge in [-0.25, -0.2) is 9.98 Å². The number of nitrogens with two attached hydrogens (primary N) is 2. The molecule has 2 aromatic carbocycles. The number of hydrogen-bond donors (Lipinski definition) is 2. The van der Waals surface area contributed by atoms with Crippen molar-refractivity contribution in [2.75, 3.05) is 46.6 Å². The molecule has 4 rings (SSSR count). The molecule has 0 atom stereocenters. The quantitative estimate of drug-likeness (QED) is 0.391. The first kappa shape index (κ1) is 23.5. The number of aliphatic imine (C=N–C) groups is 1. The van der Waals surface area contributed by atoms with Gasteiger partial charge in [0.25, 0.3) is 0 Å². The Kier molecular flexibility index (Phi) is 7.61. The minimum absolute atomic E-state index is 0.293. The van der Waals surface area contributed by atoms with Crippen LogP contribution in [-0.4, -0.2) is 62.3 Å². The number of morpholine rings is 1. The maximum absolute atomic E-state index is 6.06. The SMILES string of the molecule is COc1cccc(-c2nc(N=C(N)/C=C(/C)N)cc3cc(OCCN4CCOCC4)ccc23)c1. The van der Waals surface area contributed by atoms with E-state index in [1.165, 1.54) is 0 Å². The van der Waals surface area contributed by atoms with Gasteiger partial charge in [0, 0.05) is 36.3 Å². The van der Waals surface area contributed by atoms with Crippen LogP contribution in [0.5, 0.6) is 11.5 Å². The molecular formula is C26H31N5O3. The van der Waals surface area contributed by atoms with E-state index in [9.17, 15) is 0 Å². The molecule has 0 radical (unpaired) electrons. The Morgan fingerprint density at radius 3 is 2.71 bits per heavy atom. The maximum atomic E-state index is 6.06. The lowest BCUT2D eigenvalue weighted by Crippen LogP contribution is -2.38. The number of hydrogen-bond acceptors (Lipinski definition) is 7. The highest BCUT2D eigenvalue weighted by atomic mass is 16.5. The van der Waals surface area contributed by atoms with Gasteiger partial charge >= 0.3 is 0 Å². The zero-order valence-electron chi connectivity index (χ0n) is 19.7. The molecule has 0 amide bonds. The normalized spacial score (nSPS) is 15.5. The fraction of sp³-hybridized carbons (Fsp3) is 0.308. The fourth-order valence-corrected chi connectivity index (χ4v) is 3.87. The van der Waals surface area contributed by atoms with Crippen molar-refractivity contribution in [3.63, 3.8) is 0 Å². The summed E-state index contributed by atoms with van der Waals surface area (Å²) in [5, 5.41) is 1.94. The number of amidine groups is 1. The Morgan fingerprint density at radius 2 is 1.94 bits per heavy atom. The van der Waals surface area contributed by atoms with Crippen LogP contribution in [0.25, 0.3) is 22.0 Å². The van der Waals surface area contributed by atoms with Gasteiger partial charge in [0.2, 0.25) is 0 Å². The molecule has 34 heavy (non-hydrogen) atoms. The summed E-state index contributed by atoms with van der Waals surface area (Å²) in [4.78, 5) is 11.6. The molecule has 1 aliphatic heterocycles. The summed E-state index contributed by atoms with van der Waals surface area (Å²) in [6.45, 7) is 6.68. The van der Waals surface area contributed by atoms with Gasteiger partial charge in [-0.2, -0.15) is 0 Å². The molecule has 1 aliphatic rings. The number of benzene rings is 2. The smallest absolute Gasteiger partial charge is 0.155 e. The van der Waals surface area contributed by atoms with E-state index in [-0.39, 0.29) is 0 Å². The van der Waals surface area contributed by atoms with Crippen LogP contribution in [0.4, 0.5) is 5.82 Å². The Balaban J connectivity index is 1.68. The Morgan fingerprint density at radius 1 is 1.12 bits per heavy atom. The van der Waals surface area contributed by atoms with Gasteiger partial charge in [-0.3, -0.25) is 4.90 Å². The summed E-state index contributed by atoms with van der Waals surface area (Å²) in [6.07, 6.45) is 1.61. The van der Waals surface area contributed by atoms with Crippen LogP contribution in [0.2, 0.25) is 0 Å². The molecule has 1 saturated heterocycles. The summed E-state index contributed by atoms with van der Waals surface area (Å²) in [5.41, 5.74) is 14.1. The Hall–Kier alpha value is -3.62. The second-order valence-corrected chi connectivity index (χ2v) is 8.17. The number of methoxy groups -OCH3 is 1. The molecule has 3 aromatic rings. The van der Waals surface area contributed by atoms with Crippen molar-refractivity contribution in [1.82, 2.24) is 9.88 Å². The van der Waals surface area contributed by atoms with Crippen molar-refractivity contribution >= 4 is 22.4 Å². The van der Waals surface area contributed by atoms with E-state index in [0.717, 1.165) is 66.4 Å². The molecule has 1 aromatic heterocycles. The van der Waals surface area contributed by atoms with Crippen LogP contribution in [0.1, 0.15) is 6.92 Å². The summed E-state index contributed by atoms with van der Waals surface area (Å²) >= 11 is 0. The lowest BCUT2D eigenvalue weighted by molar-refractivity contribution is 0.0322. The molecule has 178 valence electrons. The molecule has 2 heterocycles. The second kappa shape index (κ2) is 11.0. The molecule has 4 N–H and O–H groups in total. The number of ether oxygens (including phenoxy) is 3. The monoisotopic (exact) mass is 461 g/mol. The summed E-state index contributed by atoms with van der Waals surface area (Å²) in [6, 6.07) is 15.7. The topological polar surface area (TPSA) is 108 Å². The number of rotatable bonds is 8. The lowest BCUT2D eigenvalue weighted by Gasteiger charge is -2.26. The number of nitrogens with zero attached hydrogens (tertiary/aromatic N) is 3. The number of aromatic nitrogens is 1. The summed E-state index contributed by atoms with van der Waals surface area (Å²) in [5.74, 6) is 2.34. The molecule has 0 spiro atoms. The van der Waals surface area contributed by atoms with Crippen molar-refractivity contribution in [1.29, 1.82) is 0 Å². The van der Waals surface area contributed by atoms with Gasteiger partial charge in [-0.15, -0.1) is 0 Å². The average Bonchev–Trinajstić information content (AvgIpc) is 2.83. The van der Waals surface area contributed by atoms with Crippen LogP contribution >= 0.6 is 0 Å². The first-order chi connectivity index (χ1) is 16.5. The summed E-state index contributed by atoms with van der Waals surface area (Å²) < 4.78 is 16.9. The highest BCUT2D eigenvalue weighted by Gasteiger charge is 2.12. The first-order valence-electron chi connectivity index (χ1n) is 11.3. The van der Waals surface area contributed by atoms with Crippen molar-refractivity contribution in [2.45, 2.75) is 6.92 Å². The third-order valence-corrected chi connectivity index (χ3v) is 5.53. The molecule has 8 nitrogen and oxygen atoms in total. The second-order valence-electron chi connectivity index (χ2n) is 8.17. The van der Waals surface area contributed by atoms with E-state index < -0.39 is 0 Å². The van der Waals surface area contributed by atoms with Gasteiger partial charge in [0.1, 0.15) is 23.9 Å². The highest BCUT2D eigenvalue weighted by molar-refractivity contribution is 5.98. The van der Waals surface area contributed by atoms with E-state index in [2.05, 4.69) is 9.89 Å². The van der Waals surface area contributed by atoms with E-state index in [1.807, 2.05) is 48.5 Å². The number of fused-ring (bicyclic) bond motifs is 1. The van der Waals surface area contributed by atoms with Crippen LogP contribution in [0.3, 0.4) is 0 Å². The fourth-order valence-electron chi connectivity index (χ4n) is 3.87. The van der Waals surface area contributed by atoms with Gasteiger partial charge in [0.05, 0.1) is 26.0 Å². The van der Waals surface area contributed by atoms with Gasteiger partial charge in [-0.05, 0) is 54.8 Å². The third-order valence-electron chi connectivity index (χ3n) is 5.53. The number of allylic oxidation sites excluding steroid dienone is 1. The Labute approximate surface area is 199 Å². The standard InChI is InChI=1S/C26H31N5O3/c1-18(27)14-24(28)29-25-17-20-16-22(34-13-10-31-8-11-33-12-9-31)6-7-23(20)26(30-25)19-4-3-5-21(15-19)32-2/h3-7,14-17H,8-13,27H2,1-2H3,(H2,28,29,30)/b18-14-. The molecule has 0 unspecified atom stereocenters. The lowest BCUT2D eigenvalue weighted by atomic mass is 10.0.